The lowest BCUT2D eigenvalue weighted by molar-refractivity contribution is -0.142. The number of amides is 1. The van der Waals surface area contributed by atoms with E-state index < -0.39 is 24.5 Å². The van der Waals surface area contributed by atoms with Crippen LogP contribution in [0.15, 0.2) is 24.3 Å². The molecule has 104 valence electrons. The number of aliphatic carboxylic acids is 1. The first kappa shape index (κ1) is 15.5. The number of hydrogen-bond donors (Lipinski definition) is 3. The second-order valence-corrected chi connectivity index (χ2v) is 4.75. The van der Waals surface area contributed by atoms with Gasteiger partial charge in [0, 0.05) is 5.75 Å². The van der Waals surface area contributed by atoms with Gasteiger partial charge in [-0.25, -0.2) is 9.18 Å². The molecule has 0 unspecified atom stereocenters. The van der Waals surface area contributed by atoms with Crippen molar-refractivity contribution >= 4 is 23.6 Å². The Labute approximate surface area is 113 Å². The van der Waals surface area contributed by atoms with Crippen LogP contribution in [0.25, 0.3) is 0 Å². The Morgan fingerprint density at radius 2 is 1.95 bits per heavy atom. The van der Waals surface area contributed by atoms with E-state index in [0.717, 1.165) is 5.56 Å². The maximum Gasteiger partial charge on any atom is 0.328 e. The normalized spacial score (nSPS) is 11.9. The molecular weight excluding hydrogens is 273 g/mol. The van der Waals surface area contributed by atoms with Crippen LogP contribution in [0.3, 0.4) is 0 Å². The molecule has 1 rings (SSSR count). The summed E-state index contributed by atoms with van der Waals surface area (Å²) < 4.78 is 12.6. The summed E-state index contributed by atoms with van der Waals surface area (Å²) in [7, 11) is 0. The van der Waals surface area contributed by atoms with Crippen molar-refractivity contribution in [2.45, 2.75) is 11.8 Å². The summed E-state index contributed by atoms with van der Waals surface area (Å²) in [4.78, 5) is 22.0. The van der Waals surface area contributed by atoms with E-state index in [1.54, 1.807) is 12.1 Å². The molecule has 0 bridgehead atoms. The fourth-order valence-corrected chi connectivity index (χ4v) is 2.06. The Kier molecular flexibility index (Phi) is 6.31. The SMILES string of the molecule is O=C(CSCc1ccc(F)cc1)N[C@H](CO)C(=O)O. The van der Waals surface area contributed by atoms with E-state index in [0.29, 0.717) is 5.75 Å². The molecule has 0 aromatic heterocycles. The van der Waals surface area contributed by atoms with Crippen molar-refractivity contribution in [3.05, 3.63) is 35.6 Å². The summed E-state index contributed by atoms with van der Waals surface area (Å²) in [6.07, 6.45) is 0. The highest BCUT2D eigenvalue weighted by Crippen LogP contribution is 2.12. The number of hydrogen-bond acceptors (Lipinski definition) is 4. The van der Waals surface area contributed by atoms with Gasteiger partial charge in [-0.1, -0.05) is 12.1 Å². The molecule has 0 spiro atoms. The highest BCUT2D eigenvalue weighted by atomic mass is 32.2. The van der Waals surface area contributed by atoms with E-state index >= 15 is 0 Å². The Morgan fingerprint density at radius 3 is 2.47 bits per heavy atom. The van der Waals surface area contributed by atoms with Gasteiger partial charge in [-0.15, -0.1) is 11.8 Å². The van der Waals surface area contributed by atoms with E-state index in [1.807, 2.05) is 0 Å². The second kappa shape index (κ2) is 7.75. The molecule has 0 fully saturated rings. The molecule has 3 N–H and O–H groups in total. The first-order valence-corrected chi connectivity index (χ1v) is 6.63. The quantitative estimate of drug-likeness (QED) is 0.684. The minimum atomic E-state index is -1.28. The fraction of sp³-hybridized carbons (Fsp3) is 0.333. The number of carbonyl (C=O) groups excluding carboxylic acids is 1. The molecule has 19 heavy (non-hydrogen) atoms. The lowest BCUT2D eigenvalue weighted by Crippen LogP contribution is -2.44. The van der Waals surface area contributed by atoms with Crippen molar-refractivity contribution in [3.63, 3.8) is 0 Å². The van der Waals surface area contributed by atoms with Gasteiger partial charge in [0.05, 0.1) is 12.4 Å². The Bertz CT molecular complexity index is 438. The van der Waals surface area contributed by atoms with Gasteiger partial charge >= 0.3 is 5.97 Å². The smallest absolute Gasteiger partial charge is 0.328 e. The van der Waals surface area contributed by atoms with E-state index in [-0.39, 0.29) is 11.6 Å². The number of carboxylic acids is 1. The molecule has 0 aliphatic heterocycles. The Morgan fingerprint density at radius 1 is 1.32 bits per heavy atom. The van der Waals surface area contributed by atoms with Crippen LogP contribution in [0.1, 0.15) is 5.56 Å². The molecule has 1 amide bonds. The molecule has 1 aromatic rings. The summed E-state index contributed by atoms with van der Waals surface area (Å²) in [5, 5.41) is 19.6. The van der Waals surface area contributed by atoms with Gasteiger partial charge < -0.3 is 15.5 Å². The van der Waals surface area contributed by atoms with Crippen molar-refractivity contribution in [2.75, 3.05) is 12.4 Å². The molecule has 0 saturated carbocycles. The van der Waals surface area contributed by atoms with Crippen LogP contribution >= 0.6 is 11.8 Å². The van der Waals surface area contributed by atoms with Crippen LogP contribution in [-0.2, 0) is 15.3 Å². The predicted molar refractivity (Wildman–Crippen MR) is 69.2 cm³/mol. The van der Waals surface area contributed by atoms with E-state index in [9.17, 15) is 14.0 Å². The highest BCUT2D eigenvalue weighted by molar-refractivity contribution is 7.99. The average molecular weight is 287 g/mol. The maximum absolute atomic E-state index is 12.6. The summed E-state index contributed by atoms with van der Waals surface area (Å²) >= 11 is 1.28. The first-order chi connectivity index (χ1) is 9.02. The van der Waals surface area contributed by atoms with Crippen LogP contribution < -0.4 is 5.32 Å². The number of thioether (sulfide) groups is 1. The molecule has 1 atom stereocenters. The van der Waals surface area contributed by atoms with Crippen LogP contribution in [-0.4, -0.2) is 40.5 Å². The van der Waals surface area contributed by atoms with Gasteiger partial charge in [0.15, 0.2) is 0 Å². The number of aliphatic hydroxyl groups is 1. The van der Waals surface area contributed by atoms with Crippen LogP contribution in [0, 0.1) is 5.82 Å². The van der Waals surface area contributed by atoms with Gasteiger partial charge in [0.25, 0.3) is 0 Å². The number of halogens is 1. The number of aliphatic hydroxyl groups excluding tert-OH is 1. The Balaban J connectivity index is 2.30. The molecule has 0 radical (unpaired) electrons. The maximum atomic E-state index is 12.6. The zero-order valence-corrected chi connectivity index (χ0v) is 10.8. The lowest BCUT2D eigenvalue weighted by atomic mass is 10.2. The summed E-state index contributed by atoms with van der Waals surface area (Å²) in [6, 6.07) is 4.63. The monoisotopic (exact) mass is 287 g/mol. The van der Waals surface area contributed by atoms with Crippen molar-refractivity contribution < 1.29 is 24.2 Å². The van der Waals surface area contributed by atoms with Crippen LogP contribution in [0.2, 0.25) is 0 Å². The van der Waals surface area contributed by atoms with Gasteiger partial charge in [-0.05, 0) is 17.7 Å². The van der Waals surface area contributed by atoms with E-state index in [2.05, 4.69) is 5.32 Å². The third-order valence-electron chi connectivity index (χ3n) is 2.23. The zero-order chi connectivity index (χ0) is 14.3. The minimum absolute atomic E-state index is 0.0706. The van der Waals surface area contributed by atoms with Crippen molar-refractivity contribution in [3.8, 4) is 0 Å². The molecule has 5 nitrogen and oxygen atoms in total. The van der Waals surface area contributed by atoms with Crippen molar-refractivity contribution in [1.82, 2.24) is 5.32 Å². The van der Waals surface area contributed by atoms with Crippen LogP contribution in [0.5, 0.6) is 0 Å². The number of benzene rings is 1. The van der Waals surface area contributed by atoms with Gasteiger partial charge in [-0.2, -0.15) is 0 Å². The average Bonchev–Trinajstić information content (AvgIpc) is 2.38. The number of rotatable bonds is 7. The Hall–Kier alpha value is -1.60. The zero-order valence-electron chi connectivity index (χ0n) is 10.0. The molecule has 1 aromatic carbocycles. The van der Waals surface area contributed by atoms with Gasteiger partial charge in [0.1, 0.15) is 11.9 Å². The first-order valence-electron chi connectivity index (χ1n) is 5.48. The molecular formula is C12H14FNO4S. The molecule has 0 aliphatic carbocycles. The van der Waals surface area contributed by atoms with Gasteiger partial charge in [0.2, 0.25) is 5.91 Å². The van der Waals surface area contributed by atoms with Crippen molar-refractivity contribution in [2.24, 2.45) is 0 Å². The third kappa shape index (κ3) is 5.71. The lowest BCUT2D eigenvalue weighted by Gasteiger charge is -2.11. The highest BCUT2D eigenvalue weighted by Gasteiger charge is 2.18. The molecule has 0 aliphatic rings. The second-order valence-electron chi connectivity index (χ2n) is 3.76. The van der Waals surface area contributed by atoms with E-state index in [4.69, 9.17) is 10.2 Å². The standard InChI is InChI=1S/C12H14FNO4S/c13-9-3-1-8(2-4-9)6-19-7-11(16)14-10(5-15)12(17)18/h1-4,10,15H,5-7H2,(H,14,16)(H,17,18)/t10-/m1/s1. The predicted octanol–water partition coefficient (Wildman–Crippen LogP) is 0.621. The molecule has 0 saturated heterocycles. The van der Waals surface area contributed by atoms with E-state index in [1.165, 1.54) is 23.9 Å². The van der Waals surface area contributed by atoms with Crippen molar-refractivity contribution in [1.29, 1.82) is 0 Å². The number of nitrogens with one attached hydrogen (secondary N) is 1. The minimum Gasteiger partial charge on any atom is -0.480 e. The third-order valence-corrected chi connectivity index (χ3v) is 3.23. The largest absolute Gasteiger partial charge is 0.480 e. The molecule has 7 heteroatoms. The summed E-state index contributed by atoms with van der Waals surface area (Å²) in [5.74, 6) is -1.47. The number of carboxylic acid groups (broad SMARTS) is 1. The molecule has 0 heterocycles. The topological polar surface area (TPSA) is 86.6 Å². The summed E-state index contributed by atoms with van der Waals surface area (Å²) in [6.45, 7) is -0.649. The van der Waals surface area contributed by atoms with Gasteiger partial charge in [-0.3, -0.25) is 4.79 Å². The summed E-state index contributed by atoms with van der Waals surface area (Å²) in [5.41, 5.74) is 0.871. The number of carbonyl (C=O) groups is 2. The fourth-order valence-electron chi connectivity index (χ4n) is 1.26. The van der Waals surface area contributed by atoms with Crippen LogP contribution in [0.4, 0.5) is 4.39 Å².